The summed E-state index contributed by atoms with van der Waals surface area (Å²) in [5, 5.41) is 3.57. The molecule has 1 saturated carbocycles. The molecule has 76 valence electrons. The first-order chi connectivity index (χ1) is 6.38. The lowest BCUT2D eigenvalue weighted by molar-refractivity contribution is 0.139. The number of hydrogen-bond acceptors (Lipinski definition) is 2. The zero-order valence-corrected chi connectivity index (χ0v) is 8.76. The normalized spacial score (nSPS) is 31.6. The molecule has 2 fully saturated rings. The Hall–Kier alpha value is -0.0800. The van der Waals surface area contributed by atoms with Crippen LogP contribution in [0.1, 0.15) is 32.6 Å². The Morgan fingerprint density at radius 2 is 2.23 bits per heavy atom. The highest BCUT2D eigenvalue weighted by atomic mass is 15.2. The minimum Gasteiger partial charge on any atom is -0.311 e. The summed E-state index contributed by atoms with van der Waals surface area (Å²) in [5.74, 6) is 1.04. The highest BCUT2D eigenvalue weighted by Crippen LogP contribution is 2.27. The van der Waals surface area contributed by atoms with E-state index in [0.29, 0.717) is 0 Å². The van der Waals surface area contributed by atoms with Crippen molar-refractivity contribution < 1.29 is 0 Å². The molecular formula is C11H22N2. The fraction of sp³-hybridized carbons (Fsp3) is 1.00. The van der Waals surface area contributed by atoms with E-state index in [1.54, 1.807) is 0 Å². The average molecular weight is 182 g/mol. The summed E-state index contributed by atoms with van der Waals surface area (Å²) < 4.78 is 0. The van der Waals surface area contributed by atoms with Crippen molar-refractivity contribution in [3.05, 3.63) is 0 Å². The van der Waals surface area contributed by atoms with Crippen LogP contribution in [0.5, 0.6) is 0 Å². The number of nitrogens with zero attached hydrogens (tertiary/aromatic N) is 1. The highest BCUT2D eigenvalue weighted by molar-refractivity contribution is 4.81. The molecule has 0 spiro atoms. The Balaban J connectivity index is 1.71. The van der Waals surface area contributed by atoms with Gasteiger partial charge in [-0.3, -0.25) is 0 Å². The van der Waals surface area contributed by atoms with E-state index in [1.165, 1.54) is 51.9 Å². The minimum absolute atomic E-state index is 0.758. The van der Waals surface area contributed by atoms with Crippen molar-refractivity contribution in [1.29, 1.82) is 0 Å². The molecule has 1 unspecified atom stereocenters. The van der Waals surface area contributed by atoms with Gasteiger partial charge in [0.25, 0.3) is 0 Å². The molecule has 0 radical (unpaired) electrons. The van der Waals surface area contributed by atoms with Crippen LogP contribution in [-0.2, 0) is 0 Å². The first-order valence-corrected chi connectivity index (χ1v) is 5.84. The second-order valence-corrected chi connectivity index (χ2v) is 4.62. The molecule has 1 N–H and O–H groups in total. The smallest absolute Gasteiger partial charge is 0.0192 e. The fourth-order valence-electron chi connectivity index (χ4n) is 2.37. The van der Waals surface area contributed by atoms with Crippen molar-refractivity contribution >= 4 is 0 Å². The SMILES string of the molecule is CCC1CN(CC2CCC2)CCN1. The molecule has 0 amide bonds. The number of hydrogen-bond donors (Lipinski definition) is 1. The van der Waals surface area contributed by atoms with Gasteiger partial charge in [0.1, 0.15) is 0 Å². The summed E-state index contributed by atoms with van der Waals surface area (Å²) in [6, 6.07) is 0.758. The average Bonchev–Trinajstić information content (AvgIpc) is 2.12. The summed E-state index contributed by atoms with van der Waals surface area (Å²) in [7, 11) is 0. The first-order valence-electron chi connectivity index (χ1n) is 5.84. The van der Waals surface area contributed by atoms with Crippen LogP contribution in [0.15, 0.2) is 0 Å². The molecule has 2 rings (SSSR count). The van der Waals surface area contributed by atoms with Crippen LogP contribution in [-0.4, -0.2) is 37.1 Å². The van der Waals surface area contributed by atoms with Crippen molar-refractivity contribution in [1.82, 2.24) is 10.2 Å². The van der Waals surface area contributed by atoms with E-state index in [9.17, 15) is 0 Å². The van der Waals surface area contributed by atoms with Gasteiger partial charge in [0, 0.05) is 32.2 Å². The number of rotatable bonds is 3. The van der Waals surface area contributed by atoms with Crippen LogP contribution in [0.2, 0.25) is 0 Å². The molecule has 13 heavy (non-hydrogen) atoms. The Morgan fingerprint density at radius 1 is 1.38 bits per heavy atom. The third kappa shape index (κ3) is 2.44. The van der Waals surface area contributed by atoms with Gasteiger partial charge < -0.3 is 10.2 Å². The third-order valence-electron chi connectivity index (χ3n) is 3.57. The van der Waals surface area contributed by atoms with E-state index in [2.05, 4.69) is 17.1 Å². The Kier molecular flexibility index (Phi) is 3.23. The zero-order chi connectivity index (χ0) is 9.10. The van der Waals surface area contributed by atoms with E-state index >= 15 is 0 Å². The first kappa shape index (κ1) is 9.47. The monoisotopic (exact) mass is 182 g/mol. The molecule has 1 aliphatic carbocycles. The maximum Gasteiger partial charge on any atom is 0.0192 e. The molecule has 0 bridgehead atoms. The lowest BCUT2D eigenvalue weighted by Gasteiger charge is -2.37. The van der Waals surface area contributed by atoms with Gasteiger partial charge in [0.05, 0.1) is 0 Å². The predicted molar refractivity (Wildman–Crippen MR) is 55.9 cm³/mol. The van der Waals surface area contributed by atoms with Gasteiger partial charge in [-0.2, -0.15) is 0 Å². The van der Waals surface area contributed by atoms with Gasteiger partial charge in [-0.1, -0.05) is 13.3 Å². The van der Waals surface area contributed by atoms with Crippen LogP contribution in [0.25, 0.3) is 0 Å². The quantitative estimate of drug-likeness (QED) is 0.711. The van der Waals surface area contributed by atoms with E-state index in [4.69, 9.17) is 0 Å². The summed E-state index contributed by atoms with van der Waals surface area (Å²) in [5.41, 5.74) is 0. The van der Waals surface area contributed by atoms with Gasteiger partial charge in [0.15, 0.2) is 0 Å². The predicted octanol–water partition coefficient (Wildman–Crippen LogP) is 1.47. The lowest BCUT2D eigenvalue weighted by atomic mass is 9.85. The summed E-state index contributed by atoms with van der Waals surface area (Å²) in [6.07, 6.45) is 5.73. The molecule has 2 aliphatic rings. The minimum atomic E-state index is 0.758. The largest absolute Gasteiger partial charge is 0.311 e. The van der Waals surface area contributed by atoms with Crippen LogP contribution in [0.3, 0.4) is 0 Å². The highest BCUT2D eigenvalue weighted by Gasteiger charge is 2.23. The Labute approximate surface area is 81.7 Å². The molecule has 1 heterocycles. The second kappa shape index (κ2) is 4.43. The van der Waals surface area contributed by atoms with E-state index in [0.717, 1.165) is 12.0 Å². The molecule has 0 aromatic carbocycles. The van der Waals surface area contributed by atoms with Crippen LogP contribution in [0.4, 0.5) is 0 Å². The van der Waals surface area contributed by atoms with Crippen molar-refractivity contribution in [3.63, 3.8) is 0 Å². The van der Waals surface area contributed by atoms with Gasteiger partial charge >= 0.3 is 0 Å². The van der Waals surface area contributed by atoms with Gasteiger partial charge in [-0.15, -0.1) is 0 Å². The van der Waals surface area contributed by atoms with E-state index in [-0.39, 0.29) is 0 Å². The second-order valence-electron chi connectivity index (χ2n) is 4.62. The van der Waals surface area contributed by atoms with E-state index in [1.807, 2.05) is 0 Å². The summed E-state index contributed by atoms with van der Waals surface area (Å²) >= 11 is 0. The molecule has 1 aliphatic heterocycles. The Morgan fingerprint density at radius 3 is 2.85 bits per heavy atom. The molecule has 2 nitrogen and oxygen atoms in total. The van der Waals surface area contributed by atoms with Crippen molar-refractivity contribution in [3.8, 4) is 0 Å². The van der Waals surface area contributed by atoms with Crippen molar-refractivity contribution in [2.24, 2.45) is 5.92 Å². The molecule has 0 aromatic rings. The van der Waals surface area contributed by atoms with Gasteiger partial charge in [0.2, 0.25) is 0 Å². The number of nitrogens with one attached hydrogen (secondary N) is 1. The molecule has 2 heteroatoms. The van der Waals surface area contributed by atoms with Crippen LogP contribution >= 0.6 is 0 Å². The van der Waals surface area contributed by atoms with Crippen LogP contribution < -0.4 is 5.32 Å². The lowest BCUT2D eigenvalue weighted by Crippen LogP contribution is -2.51. The van der Waals surface area contributed by atoms with Crippen molar-refractivity contribution in [2.45, 2.75) is 38.6 Å². The van der Waals surface area contributed by atoms with E-state index < -0.39 is 0 Å². The van der Waals surface area contributed by atoms with Crippen molar-refractivity contribution in [2.75, 3.05) is 26.2 Å². The topological polar surface area (TPSA) is 15.3 Å². The summed E-state index contributed by atoms with van der Waals surface area (Å²) in [4.78, 5) is 2.66. The Bertz CT molecular complexity index is 152. The maximum atomic E-state index is 3.57. The zero-order valence-electron chi connectivity index (χ0n) is 8.76. The molecular weight excluding hydrogens is 160 g/mol. The summed E-state index contributed by atoms with van der Waals surface area (Å²) in [6.45, 7) is 7.41. The molecule has 1 atom stereocenters. The third-order valence-corrected chi connectivity index (χ3v) is 3.57. The van der Waals surface area contributed by atoms with Crippen LogP contribution in [0, 0.1) is 5.92 Å². The standard InChI is InChI=1S/C11H22N2/c1-2-11-9-13(7-6-12-11)8-10-4-3-5-10/h10-12H,2-9H2,1H3. The van der Waals surface area contributed by atoms with Gasteiger partial charge in [-0.05, 0) is 25.2 Å². The number of piperazine rings is 1. The molecule has 0 aromatic heterocycles. The fourth-order valence-corrected chi connectivity index (χ4v) is 2.37. The maximum absolute atomic E-state index is 3.57. The molecule has 1 saturated heterocycles. The van der Waals surface area contributed by atoms with Gasteiger partial charge in [-0.25, -0.2) is 0 Å².